The van der Waals surface area contributed by atoms with Crippen LogP contribution >= 0.6 is 0 Å². The Hall–Kier alpha value is -3.46. The molecule has 0 fully saturated rings. The molecule has 0 saturated heterocycles. The highest BCUT2D eigenvalue weighted by atomic mass is 16.4. The van der Waals surface area contributed by atoms with Crippen LogP contribution in [0, 0.1) is 0 Å². The number of amides is 3. The van der Waals surface area contributed by atoms with E-state index in [1.54, 1.807) is 0 Å². The summed E-state index contributed by atoms with van der Waals surface area (Å²) in [5.41, 5.74) is 15.8. The highest BCUT2D eigenvalue weighted by Gasteiger charge is 2.25. The number of carbonyl (C=O) groups excluding carboxylic acids is 3. The summed E-state index contributed by atoms with van der Waals surface area (Å²) >= 11 is 0. The van der Waals surface area contributed by atoms with Crippen molar-refractivity contribution in [2.45, 2.75) is 37.4 Å². The summed E-state index contributed by atoms with van der Waals surface area (Å²) in [6.07, 6.45) is -0.515. The number of aliphatic hydroxyl groups excluding tert-OH is 1. The average molecular weight is 433 g/mol. The van der Waals surface area contributed by atoms with Gasteiger partial charge in [-0.25, -0.2) is 4.79 Å². The molecule has 12 N–H and O–H groups in total. The smallest absolute Gasteiger partial charge is 0.326 e. The first-order valence-electron chi connectivity index (χ1n) is 8.71. The highest BCUT2D eigenvalue weighted by molar-refractivity contribution is 5.93. The molecule has 0 aromatic carbocycles. The van der Waals surface area contributed by atoms with E-state index in [0.717, 1.165) is 0 Å². The lowest BCUT2D eigenvalue weighted by molar-refractivity contribution is -0.147. The summed E-state index contributed by atoms with van der Waals surface area (Å²) in [5.74, 6) is -5.70. The van der Waals surface area contributed by atoms with E-state index < -0.39 is 67.4 Å². The van der Waals surface area contributed by atoms with Crippen molar-refractivity contribution in [2.75, 3.05) is 19.7 Å². The Morgan fingerprint density at radius 2 is 1.60 bits per heavy atom. The van der Waals surface area contributed by atoms with Crippen LogP contribution in [0.15, 0.2) is 4.99 Å². The van der Waals surface area contributed by atoms with Gasteiger partial charge < -0.3 is 48.5 Å². The molecule has 0 spiro atoms. The number of carbonyl (C=O) groups is 5. The fourth-order valence-electron chi connectivity index (χ4n) is 2.04. The van der Waals surface area contributed by atoms with E-state index in [9.17, 15) is 24.0 Å². The minimum Gasteiger partial charge on any atom is -0.481 e. The molecule has 15 nitrogen and oxygen atoms in total. The van der Waals surface area contributed by atoms with E-state index >= 15 is 0 Å². The molecular weight excluding hydrogens is 406 g/mol. The summed E-state index contributed by atoms with van der Waals surface area (Å²) in [7, 11) is 0. The SMILES string of the molecule is NC(N)=NCCCC(NC(=O)C(N)CO)C(=O)NCC(=O)NC(CC(=O)O)C(=O)O. The fourth-order valence-corrected chi connectivity index (χ4v) is 2.04. The molecule has 0 heterocycles. The van der Waals surface area contributed by atoms with E-state index in [2.05, 4.69) is 15.6 Å². The van der Waals surface area contributed by atoms with Gasteiger partial charge in [0, 0.05) is 6.54 Å². The summed E-state index contributed by atoms with van der Waals surface area (Å²) in [6, 6.07) is -4.09. The largest absolute Gasteiger partial charge is 0.481 e. The van der Waals surface area contributed by atoms with Gasteiger partial charge in [0.1, 0.15) is 18.1 Å². The number of nitrogens with two attached hydrogens (primary N) is 3. The second-order valence-corrected chi connectivity index (χ2v) is 6.07. The zero-order valence-electron chi connectivity index (χ0n) is 16.0. The van der Waals surface area contributed by atoms with Crippen LogP contribution in [-0.2, 0) is 24.0 Å². The zero-order valence-corrected chi connectivity index (χ0v) is 16.0. The number of rotatable bonds is 14. The van der Waals surface area contributed by atoms with Crippen molar-refractivity contribution in [3.8, 4) is 0 Å². The average Bonchev–Trinajstić information content (AvgIpc) is 2.66. The van der Waals surface area contributed by atoms with Crippen LogP contribution in [0.2, 0.25) is 0 Å². The van der Waals surface area contributed by atoms with Crippen molar-refractivity contribution in [3.05, 3.63) is 0 Å². The number of guanidine groups is 1. The van der Waals surface area contributed by atoms with Crippen LogP contribution in [0.25, 0.3) is 0 Å². The maximum absolute atomic E-state index is 12.3. The molecule has 0 aromatic heterocycles. The normalized spacial score (nSPS) is 13.3. The van der Waals surface area contributed by atoms with Crippen molar-refractivity contribution in [2.24, 2.45) is 22.2 Å². The van der Waals surface area contributed by atoms with Gasteiger partial charge in [-0.15, -0.1) is 0 Å². The first-order valence-corrected chi connectivity index (χ1v) is 8.71. The molecule has 15 heteroatoms. The van der Waals surface area contributed by atoms with Gasteiger partial charge in [-0.05, 0) is 12.8 Å². The topological polar surface area (TPSA) is 273 Å². The van der Waals surface area contributed by atoms with Gasteiger partial charge in [0.15, 0.2) is 5.96 Å². The van der Waals surface area contributed by atoms with Crippen molar-refractivity contribution >= 4 is 35.6 Å². The van der Waals surface area contributed by atoms with Crippen LogP contribution < -0.4 is 33.2 Å². The number of nitrogens with one attached hydrogen (secondary N) is 3. The van der Waals surface area contributed by atoms with Crippen LogP contribution in [0.3, 0.4) is 0 Å². The summed E-state index contributed by atoms with van der Waals surface area (Å²) in [4.78, 5) is 61.3. The summed E-state index contributed by atoms with van der Waals surface area (Å²) < 4.78 is 0. The van der Waals surface area contributed by atoms with E-state index in [1.807, 2.05) is 5.32 Å². The molecule has 0 aliphatic heterocycles. The van der Waals surface area contributed by atoms with Crippen molar-refractivity contribution < 1.29 is 39.3 Å². The van der Waals surface area contributed by atoms with Gasteiger partial charge in [-0.1, -0.05) is 0 Å². The number of aliphatic imine (C=N–C) groups is 1. The lowest BCUT2D eigenvalue weighted by atomic mass is 10.1. The van der Waals surface area contributed by atoms with Gasteiger partial charge in [0.05, 0.1) is 19.6 Å². The number of hydrogen-bond acceptors (Lipinski definition) is 8. The van der Waals surface area contributed by atoms with Crippen molar-refractivity contribution in [1.29, 1.82) is 0 Å². The third kappa shape index (κ3) is 11.4. The van der Waals surface area contributed by atoms with Crippen LogP contribution in [-0.4, -0.2) is 88.8 Å². The van der Waals surface area contributed by atoms with Gasteiger partial charge in [-0.3, -0.25) is 24.2 Å². The standard InChI is InChI=1S/C15H27N7O8/c16-7(6-23)12(27)22-8(2-1-3-19-15(17)18)13(28)20-5-10(24)21-9(14(29)30)4-11(25)26/h7-9,23H,1-6,16H2,(H,20,28)(H,21,24)(H,22,27)(H,25,26)(H,29,30)(H4,17,18,19). The minimum atomic E-state index is -1.68. The minimum absolute atomic E-state index is 0.0604. The van der Waals surface area contributed by atoms with Crippen molar-refractivity contribution in [1.82, 2.24) is 16.0 Å². The van der Waals surface area contributed by atoms with Gasteiger partial charge >= 0.3 is 11.9 Å². The molecular formula is C15H27N7O8. The maximum Gasteiger partial charge on any atom is 0.326 e. The van der Waals surface area contributed by atoms with Crippen molar-refractivity contribution in [3.63, 3.8) is 0 Å². The predicted octanol–water partition coefficient (Wildman–Crippen LogP) is -5.00. The number of aliphatic hydroxyl groups is 1. The van der Waals surface area contributed by atoms with Crippen LogP contribution in [0.1, 0.15) is 19.3 Å². The molecule has 0 aliphatic carbocycles. The second-order valence-electron chi connectivity index (χ2n) is 6.07. The van der Waals surface area contributed by atoms with Gasteiger partial charge in [0.25, 0.3) is 0 Å². The molecule has 0 bridgehead atoms. The summed E-state index contributed by atoms with van der Waals surface area (Å²) in [6.45, 7) is -1.17. The van der Waals surface area contributed by atoms with Crippen LogP contribution in [0.4, 0.5) is 0 Å². The van der Waals surface area contributed by atoms with E-state index in [1.165, 1.54) is 0 Å². The first-order chi connectivity index (χ1) is 14.0. The Bertz CT molecular complexity index is 665. The van der Waals surface area contributed by atoms with Crippen LogP contribution in [0.5, 0.6) is 0 Å². The maximum atomic E-state index is 12.3. The molecule has 0 aromatic rings. The Morgan fingerprint density at radius 1 is 0.967 bits per heavy atom. The Labute approximate surface area is 171 Å². The zero-order chi connectivity index (χ0) is 23.3. The predicted molar refractivity (Wildman–Crippen MR) is 102 cm³/mol. The van der Waals surface area contributed by atoms with Gasteiger partial charge in [0.2, 0.25) is 17.7 Å². The number of carboxylic acids is 2. The van der Waals surface area contributed by atoms with Gasteiger partial charge in [-0.2, -0.15) is 0 Å². The molecule has 170 valence electrons. The quantitative estimate of drug-likeness (QED) is 0.0710. The number of nitrogens with zero attached hydrogens (tertiary/aromatic N) is 1. The molecule has 0 rings (SSSR count). The highest BCUT2D eigenvalue weighted by Crippen LogP contribution is 2.00. The molecule has 30 heavy (non-hydrogen) atoms. The molecule has 3 unspecified atom stereocenters. The second kappa shape index (κ2) is 13.7. The molecule has 3 amide bonds. The number of hydrogen-bond donors (Lipinski definition) is 9. The number of carboxylic acid groups (broad SMARTS) is 2. The van der Waals surface area contributed by atoms with E-state index in [0.29, 0.717) is 0 Å². The summed E-state index contributed by atoms with van der Waals surface area (Å²) in [5, 5.41) is 32.9. The first kappa shape index (κ1) is 26.5. The Balaban J connectivity index is 4.89. The fraction of sp³-hybridized carbons (Fsp3) is 0.600. The Kier molecular flexibility index (Phi) is 12.1. The molecule has 0 saturated carbocycles. The van der Waals surface area contributed by atoms with E-state index in [4.69, 9.17) is 32.5 Å². The Morgan fingerprint density at radius 3 is 2.10 bits per heavy atom. The third-order valence-corrected chi connectivity index (χ3v) is 3.55. The lowest BCUT2D eigenvalue weighted by Gasteiger charge is -2.20. The third-order valence-electron chi connectivity index (χ3n) is 3.55. The molecule has 0 aliphatic rings. The molecule has 3 atom stereocenters. The monoisotopic (exact) mass is 433 g/mol. The number of aliphatic carboxylic acids is 2. The van der Waals surface area contributed by atoms with E-state index in [-0.39, 0.29) is 25.3 Å². The molecule has 0 radical (unpaired) electrons. The lowest BCUT2D eigenvalue weighted by Crippen LogP contribution is -2.54.